The highest BCUT2D eigenvalue weighted by Gasteiger charge is 2.20. The van der Waals surface area contributed by atoms with Crippen molar-refractivity contribution in [3.63, 3.8) is 0 Å². The lowest BCUT2D eigenvalue weighted by Crippen LogP contribution is -2.41. The van der Waals surface area contributed by atoms with Gasteiger partial charge in [-0.15, -0.1) is 0 Å². The fourth-order valence-electron chi connectivity index (χ4n) is 2.27. The van der Waals surface area contributed by atoms with Crippen LogP contribution in [-0.2, 0) is 4.74 Å². The van der Waals surface area contributed by atoms with Gasteiger partial charge < -0.3 is 14.6 Å². The minimum Gasteiger partial charge on any atom is -0.378 e. The molecule has 0 spiro atoms. The van der Waals surface area contributed by atoms with Gasteiger partial charge in [0.05, 0.1) is 18.9 Å². The van der Waals surface area contributed by atoms with Crippen molar-refractivity contribution >= 4 is 5.91 Å². The normalized spacial score (nSPS) is 15.0. The van der Waals surface area contributed by atoms with Crippen molar-refractivity contribution in [3.05, 3.63) is 52.6 Å². The Labute approximate surface area is 121 Å². The lowest BCUT2D eigenvalue weighted by atomic mass is 10.1. The van der Waals surface area contributed by atoms with Crippen LogP contribution in [0.5, 0.6) is 0 Å². The molecular weight excluding hydrogens is 270 g/mol. The Hall–Kier alpha value is -2.47. The molecule has 2 aromatic rings. The van der Waals surface area contributed by atoms with E-state index in [1.807, 2.05) is 30.3 Å². The highest BCUT2D eigenvalue weighted by Crippen LogP contribution is 2.16. The zero-order valence-corrected chi connectivity index (χ0v) is 11.4. The Morgan fingerprint density at radius 1 is 1.19 bits per heavy atom. The van der Waals surface area contributed by atoms with Crippen LogP contribution in [0.25, 0.3) is 11.3 Å². The zero-order valence-electron chi connectivity index (χ0n) is 11.4. The standard InChI is InChI=1S/C15H15N3O3/c19-14(18-6-8-21-9-7-18)13-10-12(16-15(20)17-13)11-4-2-1-3-5-11/h1-5,10H,6-9H2,(H,16,17,20). The third-order valence-corrected chi connectivity index (χ3v) is 3.34. The summed E-state index contributed by atoms with van der Waals surface area (Å²) in [7, 11) is 0. The Balaban J connectivity index is 1.94. The molecule has 1 aliphatic rings. The second-order valence-electron chi connectivity index (χ2n) is 4.76. The van der Waals surface area contributed by atoms with Crippen molar-refractivity contribution < 1.29 is 9.53 Å². The average Bonchev–Trinajstić information content (AvgIpc) is 2.55. The predicted molar refractivity (Wildman–Crippen MR) is 77.0 cm³/mol. The zero-order chi connectivity index (χ0) is 14.7. The minimum absolute atomic E-state index is 0.199. The number of hydrogen-bond donors (Lipinski definition) is 1. The van der Waals surface area contributed by atoms with Gasteiger partial charge in [0.25, 0.3) is 5.91 Å². The van der Waals surface area contributed by atoms with Gasteiger partial charge in [0, 0.05) is 18.7 Å². The molecule has 0 bridgehead atoms. The summed E-state index contributed by atoms with van der Waals surface area (Å²) in [5.41, 5.74) is 1.04. The number of rotatable bonds is 2. The van der Waals surface area contributed by atoms with Crippen molar-refractivity contribution in [2.75, 3.05) is 26.3 Å². The average molecular weight is 285 g/mol. The first-order valence-corrected chi connectivity index (χ1v) is 6.78. The molecule has 1 saturated heterocycles. The SMILES string of the molecule is O=C(c1cc(-c2ccccc2)nc(=O)[nH]1)N1CCOCC1. The van der Waals surface area contributed by atoms with Crippen LogP contribution in [0.15, 0.2) is 41.2 Å². The van der Waals surface area contributed by atoms with E-state index >= 15 is 0 Å². The quantitative estimate of drug-likeness (QED) is 0.890. The van der Waals surface area contributed by atoms with Crippen LogP contribution in [0.4, 0.5) is 0 Å². The number of benzene rings is 1. The molecule has 0 aliphatic carbocycles. The van der Waals surface area contributed by atoms with Crippen LogP contribution in [0.1, 0.15) is 10.5 Å². The smallest absolute Gasteiger partial charge is 0.346 e. The summed E-state index contributed by atoms with van der Waals surface area (Å²) in [6.07, 6.45) is 0. The maximum Gasteiger partial charge on any atom is 0.346 e. The summed E-state index contributed by atoms with van der Waals surface area (Å²) in [5, 5.41) is 0. The van der Waals surface area contributed by atoms with Crippen molar-refractivity contribution in [2.45, 2.75) is 0 Å². The molecule has 1 amide bonds. The van der Waals surface area contributed by atoms with Crippen molar-refractivity contribution in [2.24, 2.45) is 0 Å². The first-order valence-electron chi connectivity index (χ1n) is 6.78. The summed E-state index contributed by atoms with van der Waals surface area (Å²) in [6.45, 7) is 2.10. The van der Waals surface area contributed by atoms with Gasteiger partial charge in [0.15, 0.2) is 0 Å². The molecule has 0 radical (unpaired) electrons. The van der Waals surface area contributed by atoms with Gasteiger partial charge in [-0.3, -0.25) is 4.79 Å². The Morgan fingerprint density at radius 2 is 1.90 bits per heavy atom. The van der Waals surface area contributed by atoms with Crippen LogP contribution in [-0.4, -0.2) is 47.1 Å². The molecule has 0 unspecified atom stereocenters. The van der Waals surface area contributed by atoms with Gasteiger partial charge in [0.2, 0.25) is 0 Å². The summed E-state index contributed by atoms with van der Waals surface area (Å²) < 4.78 is 5.22. The van der Waals surface area contributed by atoms with E-state index in [1.165, 1.54) is 0 Å². The molecule has 1 aromatic heterocycles. The van der Waals surface area contributed by atoms with Crippen molar-refractivity contribution in [1.29, 1.82) is 0 Å². The van der Waals surface area contributed by atoms with Crippen LogP contribution < -0.4 is 5.69 Å². The molecule has 6 nitrogen and oxygen atoms in total. The predicted octanol–water partition coefficient (Wildman–Crippen LogP) is 0.909. The van der Waals surface area contributed by atoms with E-state index in [9.17, 15) is 9.59 Å². The van der Waals surface area contributed by atoms with E-state index in [4.69, 9.17) is 4.74 Å². The van der Waals surface area contributed by atoms with Crippen LogP contribution in [0.3, 0.4) is 0 Å². The van der Waals surface area contributed by atoms with Crippen LogP contribution in [0, 0.1) is 0 Å². The molecule has 1 aromatic carbocycles. The van der Waals surface area contributed by atoms with Crippen LogP contribution >= 0.6 is 0 Å². The van der Waals surface area contributed by atoms with Crippen molar-refractivity contribution in [1.82, 2.24) is 14.9 Å². The monoisotopic (exact) mass is 285 g/mol. The summed E-state index contributed by atoms with van der Waals surface area (Å²) in [5.74, 6) is -0.199. The fourth-order valence-corrected chi connectivity index (χ4v) is 2.27. The summed E-state index contributed by atoms with van der Waals surface area (Å²) in [4.78, 5) is 32.2. The molecule has 6 heteroatoms. The van der Waals surface area contributed by atoms with E-state index in [-0.39, 0.29) is 11.6 Å². The third-order valence-electron chi connectivity index (χ3n) is 3.34. The fraction of sp³-hybridized carbons (Fsp3) is 0.267. The van der Waals surface area contributed by atoms with Gasteiger partial charge in [0.1, 0.15) is 5.69 Å². The summed E-state index contributed by atoms with van der Waals surface area (Å²) >= 11 is 0. The Kier molecular flexibility index (Phi) is 3.79. The number of nitrogens with one attached hydrogen (secondary N) is 1. The topological polar surface area (TPSA) is 75.3 Å². The lowest BCUT2D eigenvalue weighted by Gasteiger charge is -2.26. The minimum atomic E-state index is -0.520. The maximum atomic E-state index is 12.4. The number of carbonyl (C=O) groups excluding carboxylic acids is 1. The van der Waals surface area contributed by atoms with Gasteiger partial charge in [-0.1, -0.05) is 30.3 Å². The first-order chi connectivity index (χ1) is 10.2. The van der Waals surface area contributed by atoms with E-state index < -0.39 is 5.69 Å². The third kappa shape index (κ3) is 3.00. The molecule has 1 aliphatic heterocycles. The number of aromatic nitrogens is 2. The number of ether oxygens (including phenoxy) is 1. The van der Waals surface area contributed by atoms with E-state index in [0.717, 1.165) is 5.56 Å². The molecular formula is C15H15N3O3. The van der Waals surface area contributed by atoms with E-state index in [1.54, 1.807) is 11.0 Å². The molecule has 21 heavy (non-hydrogen) atoms. The van der Waals surface area contributed by atoms with Crippen molar-refractivity contribution in [3.8, 4) is 11.3 Å². The Morgan fingerprint density at radius 3 is 2.62 bits per heavy atom. The Bertz CT molecular complexity index is 691. The van der Waals surface area contributed by atoms with E-state index in [2.05, 4.69) is 9.97 Å². The molecule has 1 N–H and O–H groups in total. The van der Waals surface area contributed by atoms with Crippen LogP contribution in [0.2, 0.25) is 0 Å². The van der Waals surface area contributed by atoms with E-state index in [0.29, 0.717) is 32.0 Å². The number of H-pyrrole nitrogens is 1. The lowest BCUT2D eigenvalue weighted by molar-refractivity contribution is 0.0298. The number of hydrogen-bond acceptors (Lipinski definition) is 4. The largest absolute Gasteiger partial charge is 0.378 e. The molecule has 3 rings (SSSR count). The van der Waals surface area contributed by atoms with Gasteiger partial charge in [-0.2, -0.15) is 4.98 Å². The second kappa shape index (κ2) is 5.88. The highest BCUT2D eigenvalue weighted by atomic mass is 16.5. The number of morpholine rings is 1. The second-order valence-corrected chi connectivity index (χ2v) is 4.76. The molecule has 0 saturated carbocycles. The molecule has 2 heterocycles. The number of amides is 1. The number of carbonyl (C=O) groups is 1. The summed E-state index contributed by atoms with van der Waals surface area (Å²) in [6, 6.07) is 10.9. The maximum absolute atomic E-state index is 12.4. The van der Waals surface area contributed by atoms with Gasteiger partial charge in [-0.25, -0.2) is 4.79 Å². The molecule has 1 fully saturated rings. The van der Waals surface area contributed by atoms with Gasteiger partial charge in [-0.05, 0) is 6.07 Å². The number of nitrogens with zero attached hydrogens (tertiary/aromatic N) is 2. The number of aromatic amines is 1. The molecule has 108 valence electrons. The van der Waals surface area contributed by atoms with Gasteiger partial charge >= 0.3 is 5.69 Å². The molecule has 0 atom stereocenters. The highest BCUT2D eigenvalue weighted by molar-refractivity contribution is 5.93. The first kappa shape index (κ1) is 13.5.